The van der Waals surface area contributed by atoms with Crippen LogP contribution < -0.4 is 4.72 Å². The SMILES string of the molecule is CCCCCCC(CCCCCC)CNS(C)(=O)=O. The zero-order valence-corrected chi connectivity index (χ0v) is 13.9. The molecular weight excluding hydrogens is 258 g/mol. The van der Waals surface area contributed by atoms with Gasteiger partial charge in [0.2, 0.25) is 10.0 Å². The lowest BCUT2D eigenvalue weighted by molar-refractivity contribution is 0.402. The molecule has 0 aromatic rings. The van der Waals surface area contributed by atoms with Crippen LogP contribution in [0.2, 0.25) is 0 Å². The first-order chi connectivity index (χ1) is 8.99. The molecule has 0 bridgehead atoms. The Labute approximate surface area is 120 Å². The van der Waals surface area contributed by atoms with Gasteiger partial charge < -0.3 is 0 Å². The van der Waals surface area contributed by atoms with E-state index in [1.807, 2.05) is 0 Å². The van der Waals surface area contributed by atoms with Crippen molar-refractivity contribution < 1.29 is 8.42 Å². The average molecular weight is 292 g/mol. The van der Waals surface area contributed by atoms with Crippen LogP contribution in [0.25, 0.3) is 0 Å². The molecule has 4 heteroatoms. The van der Waals surface area contributed by atoms with Gasteiger partial charge in [-0.1, -0.05) is 65.2 Å². The number of unbranched alkanes of at least 4 members (excludes halogenated alkanes) is 6. The van der Waals surface area contributed by atoms with E-state index < -0.39 is 10.0 Å². The molecule has 0 aliphatic heterocycles. The Morgan fingerprint density at radius 2 is 1.32 bits per heavy atom. The van der Waals surface area contributed by atoms with Crippen LogP contribution in [0.15, 0.2) is 0 Å². The van der Waals surface area contributed by atoms with Gasteiger partial charge in [0.1, 0.15) is 0 Å². The Balaban J connectivity index is 3.92. The molecule has 3 nitrogen and oxygen atoms in total. The number of rotatable bonds is 13. The maximum absolute atomic E-state index is 11.2. The van der Waals surface area contributed by atoms with Gasteiger partial charge in [0, 0.05) is 6.54 Å². The highest BCUT2D eigenvalue weighted by Crippen LogP contribution is 2.18. The molecule has 0 rings (SSSR count). The van der Waals surface area contributed by atoms with Gasteiger partial charge in [0.15, 0.2) is 0 Å². The van der Waals surface area contributed by atoms with Gasteiger partial charge in [-0.3, -0.25) is 0 Å². The second kappa shape index (κ2) is 11.7. The molecule has 0 spiro atoms. The summed E-state index contributed by atoms with van der Waals surface area (Å²) >= 11 is 0. The lowest BCUT2D eigenvalue weighted by Gasteiger charge is -2.17. The van der Waals surface area contributed by atoms with Crippen LogP contribution in [0, 0.1) is 5.92 Å². The van der Waals surface area contributed by atoms with E-state index in [0.717, 1.165) is 12.8 Å². The Kier molecular flexibility index (Phi) is 11.7. The normalized spacial score (nSPS) is 12.2. The number of sulfonamides is 1. The summed E-state index contributed by atoms with van der Waals surface area (Å²) in [5.41, 5.74) is 0. The van der Waals surface area contributed by atoms with E-state index in [1.165, 1.54) is 57.6 Å². The van der Waals surface area contributed by atoms with E-state index in [-0.39, 0.29) is 0 Å². The van der Waals surface area contributed by atoms with Crippen LogP contribution in [0.3, 0.4) is 0 Å². The topological polar surface area (TPSA) is 46.2 Å². The quantitative estimate of drug-likeness (QED) is 0.519. The van der Waals surface area contributed by atoms with E-state index in [2.05, 4.69) is 18.6 Å². The molecule has 0 amide bonds. The summed E-state index contributed by atoms with van der Waals surface area (Å²) in [6.45, 7) is 5.05. The molecule has 0 heterocycles. The number of hydrogen-bond acceptors (Lipinski definition) is 2. The second-order valence-corrected chi connectivity index (χ2v) is 7.52. The number of nitrogens with one attached hydrogen (secondary N) is 1. The summed E-state index contributed by atoms with van der Waals surface area (Å²) < 4.78 is 25.0. The Morgan fingerprint density at radius 3 is 1.68 bits per heavy atom. The fourth-order valence-corrected chi connectivity index (χ4v) is 2.88. The van der Waals surface area contributed by atoms with Crippen LogP contribution >= 0.6 is 0 Å². The van der Waals surface area contributed by atoms with Gasteiger partial charge in [-0.05, 0) is 18.8 Å². The van der Waals surface area contributed by atoms with Gasteiger partial charge in [-0.2, -0.15) is 0 Å². The minimum absolute atomic E-state index is 0.517. The van der Waals surface area contributed by atoms with E-state index in [9.17, 15) is 8.42 Å². The van der Waals surface area contributed by atoms with Crippen molar-refractivity contribution in [3.05, 3.63) is 0 Å². The van der Waals surface area contributed by atoms with Crippen molar-refractivity contribution in [3.63, 3.8) is 0 Å². The Bertz CT molecular complexity index is 277. The predicted molar refractivity (Wildman–Crippen MR) is 83.9 cm³/mol. The Hall–Kier alpha value is -0.0900. The first-order valence-electron chi connectivity index (χ1n) is 7.94. The van der Waals surface area contributed by atoms with Crippen molar-refractivity contribution >= 4 is 10.0 Å². The first kappa shape index (κ1) is 18.9. The minimum Gasteiger partial charge on any atom is -0.215 e. The molecule has 0 unspecified atom stereocenters. The molecule has 0 atom stereocenters. The van der Waals surface area contributed by atoms with Crippen LogP contribution in [0.4, 0.5) is 0 Å². The number of hydrogen-bond donors (Lipinski definition) is 1. The average Bonchev–Trinajstić information content (AvgIpc) is 2.34. The lowest BCUT2D eigenvalue weighted by atomic mass is 9.95. The zero-order valence-electron chi connectivity index (χ0n) is 13.1. The highest BCUT2D eigenvalue weighted by Gasteiger charge is 2.11. The lowest BCUT2D eigenvalue weighted by Crippen LogP contribution is -2.28. The van der Waals surface area contributed by atoms with E-state index in [1.54, 1.807) is 0 Å². The summed E-state index contributed by atoms with van der Waals surface area (Å²) in [6, 6.07) is 0. The minimum atomic E-state index is -3.04. The van der Waals surface area contributed by atoms with Crippen LogP contribution in [0.1, 0.15) is 78.1 Å². The highest BCUT2D eigenvalue weighted by molar-refractivity contribution is 7.88. The fourth-order valence-electron chi connectivity index (χ4n) is 2.34. The van der Waals surface area contributed by atoms with Gasteiger partial charge in [-0.25, -0.2) is 13.1 Å². The third-order valence-electron chi connectivity index (χ3n) is 3.57. The third-order valence-corrected chi connectivity index (χ3v) is 4.26. The Morgan fingerprint density at radius 1 is 0.842 bits per heavy atom. The summed E-state index contributed by atoms with van der Waals surface area (Å²) in [7, 11) is -3.04. The zero-order chi connectivity index (χ0) is 14.6. The maximum Gasteiger partial charge on any atom is 0.208 e. The van der Waals surface area contributed by atoms with Crippen LogP contribution in [0.5, 0.6) is 0 Å². The molecular formula is C15H33NO2S. The van der Waals surface area contributed by atoms with Gasteiger partial charge in [0.05, 0.1) is 6.26 Å². The first-order valence-corrected chi connectivity index (χ1v) is 9.83. The molecule has 1 N–H and O–H groups in total. The summed E-state index contributed by atoms with van der Waals surface area (Å²) in [5.74, 6) is 0.517. The van der Waals surface area contributed by atoms with Crippen molar-refractivity contribution in [1.29, 1.82) is 0 Å². The van der Waals surface area contributed by atoms with E-state index >= 15 is 0 Å². The van der Waals surface area contributed by atoms with Crippen molar-refractivity contribution in [2.75, 3.05) is 12.8 Å². The van der Waals surface area contributed by atoms with Gasteiger partial charge in [0.25, 0.3) is 0 Å². The fraction of sp³-hybridized carbons (Fsp3) is 1.00. The third kappa shape index (κ3) is 14.1. The maximum atomic E-state index is 11.2. The molecule has 19 heavy (non-hydrogen) atoms. The molecule has 0 saturated carbocycles. The van der Waals surface area contributed by atoms with Crippen molar-refractivity contribution in [1.82, 2.24) is 4.72 Å². The standard InChI is InChI=1S/C15H33NO2S/c1-4-6-8-10-12-15(13-11-9-7-5-2)14-16-19(3,17)18/h15-16H,4-14H2,1-3H3. The molecule has 0 saturated heterocycles. The predicted octanol–water partition coefficient (Wildman–Crippen LogP) is 4.09. The van der Waals surface area contributed by atoms with E-state index in [0.29, 0.717) is 12.5 Å². The van der Waals surface area contributed by atoms with Gasteiger partial charge in [-0.15, -0.1) is 0 Å². The largest absolute Gasteiger partial charge is 0.215 e. The van der Waals surface area contributed by atoms with Crippen molar-refractivity contribution in [3.8, 4) is 0 Å². The second-order valence-electron chi connectivity index (χ2n) is 5.69. The summed E-state index contributed by atoms with van der Waals surface area (Å²) in [4.78, 5) is 0. The van der Waals surface area contributed by atoms with Gasteiger partial charge >= 0.3 is 0 Å². The molecule has 0 aliphatic rings. The highest BCUT2D eigenvalue weighted by atomic mass is 32.2. The summed E-state index contributed by atoms with van der Waals surface area (Å²) in [5, 5.41) is 0. The van der Waals surface area contributed by atoms with Crippen molar-refractivity contribution in [2.45, 2.75) is 78.1 Å². The molecule has 0 radical (unpaired) electrons. The molecule has 0 fully saturated rings. The van der Waals surface area contributed by atoms with Crippen LogP contribution in [-0.4, -0.2) is 21.2 Å². The van der Waals surface area contributed by atoms with Crippen molar-refractivity contribution in [2.24, 2.45) is 5.92 Å². The molecule has 0 aromatic heterocycles. The summed E-state index contributed by atoms with van der Waals surface area (Å²) in [6.07, 6.45) is 13.7. The van der Waals surface area contributed by atoms with Crippen LogP contribution in [-0.2, 0) is 10.0 Å². The monoisotopic (exact) mass is 291 g/mol. The van der Waals surface area contributed by atoms with E-state index in [4.69, 9.17) is 0 Å². The molecule has 0 aromatic carbocycles. The molecule has 116 valence electrons. The smallest absolute Gasteiger partial charge is 0.208 e. The molecule has 0 aliphatic carbocycles.